The van der Waals surface area contributed by atoms with Gasteiger partial charge in [-0.1, -0.05) is 18.6 Å². The van der Waals surface area contributed by atoms with Gasteiger partial charge in [0.2, 0.25) is 0 Å². The molecule has 2 aromatic carbocycles. The molecule has 0 radical (unpaired) electrons. The van der Waals surface area contributed by atoms with Gasteiger partial charge in [0.25, 0.3) is 0 Å². The molecule has 2 fully saturated rings. The zero-order valence-electron chi connectivity index (χ0n) is 23.1. The number of esters is 1. The van der Waals surface area contributed by atoms with Gasteiger partial charge in [0.05, 0.1) is 36.1 Å². The Balaban J connectivity index is 1.58. The van der Waals surface area contributed by atoms with Crippen LogP contribution in [0.1, 0.15) is 60.5 Å². The van der Waals surface area contributed by atoms with Crippen molar-refractivity contribution in [2.24, 2.45) is 0 Å². The highest BCUT2D eigenvalue weighted by Gasteiger charge is 2.32. The van der Waals surface area contributed by atoms with Crippen LogP contribution in [0.3, 0.4) is 0 Å². The highest BCUT2D eigenvalue weighted by atomic mass is 19.4. The fraction of sp³-hybridized carbons (Fsp3) is 0.484. The molecule has 0 unspecified atom stereocenters. The fourth-order valence-electron chi connectivity index (χ4n) is 6.06. The van der Waals surface area contributed by atoms with Gasteiger partial charge in [-0.2, -0.15) is 13.2 Å². The number of aromatic nitrogens is 1. The van der Waals surface area contributed by atoms with Crippen LogP contribution in [0.25, 0.3) is 22.2 Å². The molecule has 2 saturated heterocycles. The second-order valence-corrected chi connectivity index (χ2v) is 10.6. The van der Waals surface area contributed by atoms with Crippen LogP contribution in [0.15, 0.2) is 42.5 Å². The molecule has 3 heterocycles. The largest absolute Gasteiger partial charge is 0.494 e. The second-order valence-electron chi connectivity index (χ2n) is 10.6. The van der Waals surface area contributed by atoms with E-state index in [1.807, 2.05) is 6.92 Å². The van der Waals surface area contributed by atoms with Gasteiger partial charge in [-0.15, -0.1) is 0 Å². The number of rotatable bonds is 7. The first-order valence-corrected chi connectivity index (χ1v) is 14.1. The van der Waals surface area contributed by atoms with Crippen molar-refractivity contribution in [3.05, 3.63) is 59.2 Å². The summed E-state index contributed by atoms with van der Waals surface area (Å²) in [5, 5.41) is 0.587. The number of methoxy groups -OCH3 is 1. The van der Waals surface area contributed by atoms with E-state index in [1.165, 1.54) is 32.4 Å². The number of fused-ring (bicyclic) bond motifs is 1. The molecule has 5 rings (SSSR count). The first-order valence-electron chi connectivity index (χ1n) is 14.1. The maximum Gasteiger partial charge on any atom is 0.416 e. The standard InChI is InChI=1S/C31H36F3N3O3/c1-3-40-24-10-11-25-27(19-24)35-29(21-8-7-9-22(18-21)31(32,33)34)26(28(25)30(38)39-2)20-36-16-12-23(13-17-36)37-14-5-4-6-15-37/h7-11,18-19,23H,3-6,12-17,20H2,1-2H3. The summed E-state index contributed by atoms with van der Waals surface area (Å²) in [6.07, 6.45) is 1.33. The van der Waals surface area contributed by atoms with Crippen LogP contribution in [0, 0.1) is 0 Å². The minimum absolute atomic E-state index is 0.307. The maximum atomic E-state index is 13.7. The first-order chi connectivity index (χ1) is 19.3. The lowest BCUT2D eigenvalue weighted by atomic mass is 9.94. The molecule has 2 aliphatic rings. The van der Waals surface area contributed by atoms with Crippen molar-refractivity contribution in [3.8, 4) is 17.0 Å². The number of halogens is 3. The summed E-state index contributed by atoms with van der Waals surface area (Å²) in [6, 6.07) is 11.0. The summed E-state index contributed by atoms with van der Waals surface area (Å²) in [4.78, 5) is 23.0. The predicted octanol–water partition coefficient (Wildman–Crippen LogP) is 6.56. The van der Waals surface area contributed by atoms with Gasteiger partial charge in [0.15, 0.2) is 0 Å². The van der Waals surface area contributed by atoms with Gasteiger partial charge < -0.3 is 14.4 Å². The maximum absolute atomic E-state index is 13.7. The third-order valence-electron chi connectivity index (χ3n) is 8.07. The highest BCUT2D eigenvalue weighted by Crippen LogP contribution is 2.37. The predicted molar refractivity (Wildman–Crippen MR) is 148 cm³/mol. The molecule has 214 valence electrons. The lowest BCUT2D eigenvalue weighted by molar-refractivity contribution is -0.137. The molecule has 2 aliphatic heterocycles. The SMILES string of the molecule is CCOc1ccc2c(C(=O)OC)c(CN3CCC(N4CCCCC4)CC3)c(-c3cccc(C(F)(F)F)c3)nc2c1. The van der Waals surface area contributed by atoms with Gasteiger partial charge in [-0.25, -0.2) is 9.78 Å². The van der Waals surface area contributed by atoms with Crippen molar-refractivity contribution in [1.82, 2.24) is 14.8 Å². The van der Waals surface area contributed by atoms with Crippen molar-refractivity contribution in [3.63, 3.8) is 0 Å². The Morgan fingerprint density at radius 2 is 1.77 bits per heavy atom. The Bertz CT molecular complexity index is 1350. The van der Waals surface area contributed by atoms with E-state index in [1.54, 1.807) is 24.3 Å². The van der Waals surface area contributed by atoms with Crippen LogP contribution < -0.4 is 4.74 Å². The highest BCUT2D eigenvalue weighted by molar-refractivity contribution is 6.06. The Hall–Kier alpha value is -3.17. The average Bonchev–Trinajstić information content (AvgIpc) is 2.97. The second kappa shape index (κ2) is 12.1. The van der Waals surface area contributed by atoms with E-state index in [2.05, 4.69) is 9.80 Å². The number of benzene rings is 2. The van der Waals surface area contributed by atoms with E-state index in [0.29, 0.717) is 58.2 Å². The van der Waals surface area contributed by atoms with E-state index in [4.69, 9.17) is 14.5 Å². The fourth-order valence-corrected chi connectivity index (χ4v) is 6.06. The van der Waals surface area contributed by atoms with Crippen molar-refractivity contribution in [2.75, 3.05) is 39.9 Å². The molecule has 0 amide bonds. The number of carbonyl (C=O) groups is 1. The molecule has 3 aromatic rings. The van der Waals surface area contributed by atoms with Crippen molar-refractivity contribution >= 4 is 16.9 Å². The number of hydrogen-bond acceptors (Lipinski definition) is 6. The van der Waals surface area contributed by atoms with Gasteiger partial charge in [0.1, 0.15) is 5.75 Å². The topological polar surface area (TPSA) is 54.9 Å². The lowest BCUT2D eigenvalue weighted by Crippen LogP contribution is -2.46. The summed E-state index contributed by atoms with van der Waals surface area (Å²) >= 11 is 0. The lowest BCUT2D eigenvalue weighted by Gasteiger charge is -2.40. The number of piperidine rings is 2. The monoisotopic (exact) mass is 555 g/mol. The molecule has 0 aliphatic carbocycles. The minimum Gasteiger partial charge on any atom is -0.494 e. The molecule has 0 N–H and O–H groups in total. The van der Waals surface area contributed by atoms with Crippen molar-refractivity contribution in [2.45, 2.75) is 57.8 Å². The number of pyridine rings is 1. The van der Waals surface area contributed by atoms with E-state index < -0.39 is 17.7 Å². The zero-order chi connectivity index (χ0) is 28.3. The summed E-state index contributed by atoms with van der Waals surface area (Å²) in [7, 11) is 1.32. The molecule has 0 bridgehead atoms. The Labute approximate surface area is 233 Å². The number of carbonyl (C=O) groups excluding carboxylic acids is 1. The zero-order valence-corrected chi connectivity index (χ0v) is 23.1. The number of ether oxygens (including phenoxy) is 2. The van der Waals surface area contributed by atoms with E-state index >= 15 is 0 Å². The van der Waals surface area contributed by atoms with Crippen LogP contribution in [0.4, 0.5) is 13.2 Å². The summed E-state index contributed by atoms with van der Waals surface area (Å²) in [6.45, 7) is 6.67. The first kappa shape index (κ1) is 28.4. The molecule has 6 nitrogen and oxygen atoms in total. The van der Waals surface area contributed by atoms with Crippen LogP contribution >= 0.6 is 0 Å². The molecule has 1 aromatic heterocycles. The van der Waals surface area contributed by atoms with E-state index in [9.17, 15) is 18.0 Å². The molecule has 0 saturated carbocycles. The molecular formula is C31H36F3N3O3. The summed E-state index contributed by atoms with van der Waals surface area (Å²) < 4.78 is 51.9. The molecule has 40 heavy (non-hydrogen) atoms. The average molecular weight is 556 g/mol. The van der Waals surface area contributed by atoms with E-state index in [0.717, 1.165) is 51.2 Å². The molecule has 9 heteroatoms. The summed E-state index contributed by atoms with van der Waals surface area (Å²) in [5.74, 6) is 0.0313. The molecule has 0 spiro atoms. The molecular weight excluding hydrogens is 519 g/mol. The van der Waals surface area contributed by atoms with Gasteiger partial charge in [-0.3, -0.25) is 4.90 Å². The van der Waals surface area contributed by atoms with Gasteiger partial charge >= 0.3 is 12.1 Å². The minimum atomic E-state index is -4.50. The van der Waals surface area contributed by atoms with Crippen LogP contribution in [-0.2, 0) is 17.5 Å². The van der Waals surface area contributed by atoms with E-state index in [-0.39, 0.29) is 0 Å². The normalized spacial score (nSPS) is 17.7. The Morgan fingerprint density at radius 1 is 1.02 bits per heavy atom. The third kappa shape index (κ3) is 6.10. The number of likely N-dealkylation sites (tertiary alicyclic amines) is 2. The van der Waals surface area contributed by atoms with Gasteiger partial charge in [0, 0.05) is 35.2 Å². The van der Waals surface area contributed by atoms with Crippen LogP contribution in [0.2, 0.25) is 0 Å². The molecule has 0 atom stereocenters. The summed E-state index contributed by atoms with van der Waals surface area (Å²) in [5.41, 5.74) is 1.28. The number of hydrogen-bond donors (Lipinski definition) is 0. The Morgan fingerprint density at radius 3 is 2.45 bits per heavy atom. The third-order valence-corrected chi connectivity index (χ3v) is 8.07. The van der Waals surface area contributed by atoms with Crippen LogP contribution in [-0.4, -0.2) is 66.7 Å². The number of nitrogens with zero attached hydrogens (tertiary/aromatic N) is 3. The Kier molecular flexibility index (Phi) is 8.61. The van der Waals surface area contributed by atoms with Crippen LogP contribution in [0.5, 0.6) is 5.75 Å². The quantitative estimate of drug-likeness (QED) is 0.308. The van der Waals surface area contributed by atoms with Gasteiger partial charge in [-0.05, 0) is 83.1 Å². The smallest absolute Gasteiger partial charge is 0.416 e. The number of alkyl halides is 3. The van der Waals surface area contributed by atoms with Crippen molar-refractivity contribution in [1.29, 1.82) is 0 Å². The van der Waals surface area contributed by atoms with Crippen molar-refractivity contribution < 1.29 is 27.4 Å².